The van der Waals surface area contributed by atoms with Crippen LogP contribution in [0.1, 0.15) is 16.7 Å². The normalized spacial score (nSPS) is 12.2. The van der Waals surface area contributed by atoms with Crippen molar-refractivity contribution in [3.05, 3.63) is 114 Å². The summed E-state index contributed by atoms with van der Waals surface area (Å²) in [5.74, 6) is 1.44. The molecule has 0 saturated heterocycles. The molecule has 0 amide bonds. The standard InChI is InChI=1S/C30H28N2O5S/c1-21-9-5-6-10-26(21)29(36-3)31-22-13-17-24(18-14-22)38(33,34)25-19-15-23(16-20-25)32-30(37-4)27-11-7-8-12-28(27)35-2/h5-20H,1-4H3/b31-29-,32-30-. The first-order valence-corrected chi connectivity index (χ1v) is 13.3. The molecule has 0 atom stereocenters. The zero-order valence-corrected chi connectivity index (χ0v) is 22.4. The van der Waals surface area contributed by atoms with Crippen LogP contribution in [0.15, 0.2) is 117 Å². The highest BCUT2D eigenvalue weighted by molar-refractivity contribution is 7.91. The molecule has 7 nitrogen and oxygen atoms in total. The van der Waals surface area contributed by atoms with Crippen LogP contribution < -0.4 is 4.74 Å². The minimum absolute atomic E-state index is 0.154. The zero-order valence-electron chi connectivity index (χ0n) is 21.6. The van der Waals surface area contributed by atoms with Crippen molar-refractivity contribution in [3.8, 4) is 5.75 Å². The van der Waals surface area contributed by atoms with Crippen molar-refractivity contribution >= 4 is 33.0 Å². The van der Waals surface area contributed by atoms with E-state index in [4.69, 9.17) is 14.2 Å². The number of para-hydroxylation sites is 1. The molecule has 4 aromatic carbocycles. The van der Waals surface area contributed by atoms with Gasteiger partial charge < -0.3 is 14.2 Å². The molecule has 0 N–H and O–H groups in total. The minimum atomic E-state index is -3.74. The van der Waals surface area contributed by atoms with Crippen LogP contribution in [-0.4, -0.2) is 41.5 Å². The fraction of sp³-hybridized carbons (Fsp3) is 0.133. The van der Waals surface area contributed by atoms with Crippen LogP contribution >= 0.6 is 0 Å². The topological polar surface area (TPSA) is 86.6 Å². The summed E-state index contributed by atoms with van der Waals surface area (Å²) in [5, 5.41) is 0. The third kappa shape index (κ3) is 5.76. The third-order valence-corrected chi connectivity index (χ3v) is 7.64. The summed E-state index contributed by atoms with van der Waals surface area (Å²) in [5.41, 5.74) is 3.71. The fourth-order valence-electron chi connectivity index (χ4n) is 3.84. The Labute approximate surface area is 223 Å². The van der Waals surface area contributed by atoms with Crippen molar-refractivity contribution in [2.75, 3.05) is 21.3 Å². The molecule has 38 heavy (non-hydrogen) atoms. The van der Waals surface area contributed by atoms with E-state index in [9.17, 15) is 8.42 Å². The molecular formula is C30H28N2O5S. The van der Waals surface area contributed by atoms with E-state index in [-0.39, 0.29) is 9.79 Å². The minimum Gasteiger partial charge on any atom is -0.496 e. The molecule has 0 aliphatic carbocycles. The van der Waals surface area contributed by atoms with E-state index in [1.165, 1.54) is 31.4 Å². The summed E-state index contributed by atoms with van der Waals surface area (Å²) < 4.78 is 42.8. The zero-order chi connectivity index (χ0) is 27.1. The van der Waals surface area contributed by atoms with Crippen molar-refractivity contribution in [2.45, 2.75) is 16.7 Å². The Morgan fingerprint density at radius 2 is 1.05 bits per heavy atom. The number of aliphatic imine (C=N–C) groups is 2. The Morgan fingerprint density at radius 1 is 0.605 bits per heavy atom. The predicted molar refractivity (Wildman–Crippen MR) is 149 cm³/mol. The Kier molecular flexibility index (Phi) is 8.23. The maximum Gasteiger partial charge on any atom is 0.224 e. The summed E-state index contributed by atoms with van der Waals surface area (Å²) in [6.07, 6.45) is 0. The van der Waals surface area contributed by atoms with E-state index < -0.39 is 9.84 Å². The Hall–Kier alpha value is -4.43. The van der Waals surface area contributed by atoms with Gasteiger partial charge in [-0.3, -0.25) is 0 Å². The molecule has 194 valence electrons. The molecule has 0 fully saturated rings. The van der Waals surface area contributed by atoms with E-state index in [0.717, 1.165) is 11.1 Å². The number of benzene rings is 4. The second kappa shape index (κ2) is 11.7. The van der Waals surface area contributed by atoms with Crippen LogP contribution in [0.3, 0.4) is 0 Å². The number of sulfone groups is 1. The van der Waals surface area contributed by atoms with E-state index in [1.54, 1.807) is 38.5 Å². The Balaban J connectivity index is 1.58. The predicted octanol–water partition coefficient (Wildman–Crippen LogP) is 6.29. The summed E-state index contributed by atoms with van der Waals surface area (Å²) in [6, 6.07) is 27.8. The first kappa shape index (κ1) is 26.6. The Morgan fingerprint density at radius 3 is 1.53 bits per heavy atom. The van der Waals surface area contributed by atoms with Crippen molar-refractivity contribution in [3.63, 3.8) is 0 Å². The first-order chi connectivity index (χ1) is 18.4. The van der Waals surface area contributed by atoms with E-state index in [0.29, 0.717) is 34.5 Å². The summed E-state index contributed by atoms with van der Waals surface area (Å²) in [6.45, 7) is 1.98. The highest BCUT2D eigenvalue weighted by atomic mass is 32.2. The van der Waals surface area contributed by atoms with Crippen LogP contribution in [0.2, 0.25) is 0 Å². The van der Waals surface area contributed by atoms with E-state index in [2.05, 4.69) is 9.98 Å². The molecule has 0 radical (unpaired) electrons. The van der Waals surface area contributed by atoms with E-state index in [1.807, 2.05) is 55.5 Å². The molecule has 0 heterocycles. The number of aryl methyl sites for hydroxylation is 1. The summed E-state index contributed by atoms with van der Waals surface area (Å²) >= 11 is 0. The molecule has 0 aliphatic rings. The van der Waals surface area contributed by atoms with Crippen molar-refractivity contribution in [2.24, 2.45) is 9.98 Å². The number of hydrogen-bond acceptors (Lipinski definition) is 7. The van der Waals surface area contributed by atoms with Crippen LogP contribution in [0.5, 0.6) is 5.75 Å². The van der Waals surface area contributed by atoms with Crippen LogP contribution in [0.25, 0.3) is 0 Å². The summed E-state index contributed by atoms with van der Waals surface area (Å²) in [7, 11) is 0.915. The van der Waals surface area contributed by atoms with Gasteiger partial charge in [0.15, 0.2) is 0 Å². The molecule has 0 bridgehead atoms. The van der Waals surface area contributed by atoms with Gasteiger partial charge in [0.05, 0.1) is 48.1 Å². The lowest BCUT2D eigenvalue weighted by Gasteiger charge is -2.10. The van der Waals surface area contributed by atoms with Gasteiger partial charge in [0.1, 0.15) is 5.75 Å². The second-order valence-corrected chi connectivity index (χ2v) is 10.2. The average Bonchev–Trinajstić information content (AvgIpc) is 2.95. The van der Waals surface area contributed by atoms with Gasteiger partial charge >= 0.3 is 0 Å². The van der Waals surface area contributed by atoms with Gasteiger partial charge in [-0.05, 0) is 79.2 Å². The number of ether oxygens (including phenoxy) is 3. The lowest BCUT2D eigenvalue weighted by atomic mass is 10.1. The number of hydrogen-bond donors (Lipinski definition) is 0. The van der Waals surface area contributed by atoms with Gasteiger partial charge in [-0.1, -0.05) is 30.3 Å². The van der Waals surface area contributed by atoms with Crippen LogP contribution in [0.4, 0.5) is 11.4 Å². The average molecular weight is 529 g/mol. The van der Waals surface area contributed by atoms with Crippen molar-refractivity contribution in [1.82, 2.24) is 0 Å². The molecule has 4 rings (SSSR count). The van der Waals surface area contributed by atoms with E-state index >= 15 is 0 Å². The van der Waals surface area contributed by atoms with Gasteiger partial charge in [0.25, 0.3) is 0 Å². The number of rotatable bonds is 7. The van der Waals surface area contributed by atoms with Crippen molar-refractivity contribution < 1.29 is 22.6 Å². The van der Waals surface area contributed by atoms with Gasteiger partial charge in [0.2, 0.25) is 21.6 Å². The molecule has 0 aromatic heterocycles. The van der Waals surface area contributed by atoms with Gasteiger partial charge in [-0.2, -0.15) is 0 Å². The molecule has 8 heteroatoms. The molecule has 0 unspecified atom stereocenters. The summed E-state index contributed by atoms with van der Waals surface area (Å²) in [4.78, 5) is 9.39. The number of nitrogens with zero attached hydrogens (tertiary/aromatic N) is 2. The highest BCUT2D eigenvalue weighted by Gasteiger charge is 2.18. The second-order valence-electron chi connectivity index (χ2n) is 8.25. The quantitative estimate of drug-likeness (QED) is 0.208. The molecule has 4 aromatic rings. The van der Waals surface area contributed by atoms with Gasteiger partial charge in [-0.25, -0.2) is 18.4 Å². The third-order valence-electron chi connectivity index (χ3n) is 5.85. The van der Waals surface area contributed by atoms with Gasteiger partial charge in [0, 0.05) is 5.56 Å². The maximum atomic E-state index is 13.2. The molecule has 0 saturated carbocycles. The maximum absolute atomic E-state index is 13.2. The molecule has 0 spiro atoms. The van der Waals surface area contributed by atoms with Crippen LogP contribution in [0, 0.1) is 6.92 Å². The lowest BCUT2D eigenvalue weighted by molar-refractivity contribution is 0.390. The first-order valence-electron chi connectivity index (χ1n) is 11.8. The SMILES string of the molecule is CO/C(=N\c1ccc(S(=O)(=O)c2ccc(/N=C(\OC)c3ccccc3OC)cc2)cc1)c1ccccc1C. The monoisotopic (exact) mass is 528 g/mol. The smallest absolute Gasteiger partial charge is 0.224 e. The highest BCUT2D eigenvalue weighted by Crippen LogP contribution is 2.27. The van der Waals surface area contributed by atoms with Gasteiger partial charge in [-0.15, -0.1) is 0 Å². The fourth-order valence-corrected chi connectivity index (χ4v) is 5.10. The van der Waals surface area contributed by atoms with Crippen LogP contribution in [-0.2, 0) is 19.3 Å². The molecular weight excluding hydrogens is 500 g/mol. The lowest BCUT2D eigenvalue weighted by Crippen LogP contribution is -2.05. The molecule has 0 aliphatic heterocycles. The number of methoxy groups -OCH3 is 3. The largest absolute Gasteiger partial charge is 0.496 e. The van der Waals surface area contributed by atoms with Crippen molar-refractivity contribution in [1.29, 1.82) is 0 Å². The Bertz CT molecular complexity index is 1580.